The lowest BCUT2D eigenvalue weighted by atomic mass is 10.2. The Kier molecular flexibility index (Phi) is 3.25. The van der Waals surface area contributed by atoms with Crippen LogP contribution in [0.5, 0.6) is 0 Å². The van der Waals surface area contributed by atoms with Gasteiger partial charge in [-0.25, -0.2) is 4.79 Å². The Morgan fingerprint density at radius 2 is 1.53 bits per heavy atom. The van der Waals surface area contributed by atoms with Gasteiger partial charge in [-0.05, 0) is 24.3 Å². The summed E-state index contributed by atoms with van der Waals surface area (Å²) in [5, 5.41) is 9.00. The van der Waals surface area contributed by atoms with Crippen LogP contribution in [0.4, 0.5) is 11.4 Å². The number of para-hydroxylation sites is 2. The highest BCUT2D eigenvalue weighted by molar-refractivity contribution is 5.94. The Morgan fingerprint density at radius 1 is 0.882 bits per heavy atom. The van der Waals surface area contributed by atoms with Crippen LogP contribution < -0.4 is 10.9 Å². The van der Waals surface area contributed by atoms with Crippen LogP contribution in [0.1, 0.15) is 10.4 Å². The summed E-state index contributed by atoms with van der Waals surface area (Å²) in [5.74, 6) is -0.956. The van der Waals surface area contributed by atoms with Crippen molar-refractivity contribution in [3.8, 4) is 0 Å². The molecule has 0 amide bonds. The molecule has 4 nitrogen and oxygen atoms in total. The van der Waals surface area contributed by atoms with Crippen molar-refractivity contribution in [3.63, 3.8) is 0 Å². The monoisotopic (exact) mass is 228 g/mol. The number of rotatable bonds is 4. The first-order valence-corrected chi connectivity index (χ1v) is 5.17. The van der Waals surface area contributed by atoms with Crippen LogP contribution in [0.15, 0.2) is 54.6 Å². The summed E-state index contributed by atoms with van der Waals surface area (Å²) in [5.41, 5.74) is 7.45. The van der Waals surface area contributed by atoms with E-state index in [9.17, 15) is 4.79 Å². The van der Waals surface area contributed by atoms with E-state index in [2.05, 4.69) is 10.9 Å². The van der Waals surface area contributed by atoms with Gasteiger partial charge in [-0.15, -0.1) is 0 Å². The van der Waals surface area contributed by atoms with Crippen molar-refractivity contribution in [3.05, 3.63) is 60.2 Å². The number of aromatic carboxylic acids is 1. The predicted octanol–water partition coefficient (Wildman–Crippen LogP) is 2.82. The van der Waals surface area contributed by atoms with Crippen LogP contribution in [0.2, 0.25) is 0 Å². The van der Waals surface area contributed by atoms with E-state index in [0.29, 0.717) is 5.69 Å². The minimum Gasteiger partial charge on any atom is -0.478 e. The zero-order valence-electron chi connectivity index (χ0n) is 9.05. The maximum Gasteiger partial charge on any atom is 0.337 e. The molecule has 2 rings (SSSR count). The van der Waals surface area contributed by atoms with Crippen molar-refractivity contribution in [2.24, 2.45) is 0 Å². The van der Waals surface area contributed by atoms with Gasteiger partial charge in [-0.1, -0.05) is 30.3 Å². The summed E-state index contributed by atoms with van der Waals surface area (Å²) in [6.07, 6.45) is 0. The molecule has 0 saturated carbocycles. The molecule has 0 fully saturated rings. The van der Waals surface area contributed by atoms with E-state index in [1.807, 2.05) is 30.3 Å². The van der Waals surface area contributed by atoms with E-state index in [1.54, 1.807) is 24.3 Å². The zero-order valence-corrected chi connectivity index (χ0v) is 9.05. The average molecular weight is 228 g/mol. The van der Waals surface area contributed by atoms with Crippen LogP contribution in [0.25, 0.3) is 0 Å². The van der Waals surface area contributed by atoms with Crippen LogP contribution in [-0.4, -0.2) is 11.1 Å². The second-order valence-corrected chi connectivity index (χ2v) is 3.47. The van der Waals surface area contributed by atoms with E-state index in [1.165, 1.54) is 0 Å². The molecular formula is C13H12N2O2. The van der Waals surface area contributed by atoms with Gasteiger partial charge >= 0.3 is 5.97 Å². The van der Waals surface area contributed by atoms with Crippen molar-refractivity contribution in [1.82, 2.24) is 0 Å². The molecule has 0 saturated heterocycles. The van der Waals surface area contributed by atoms with Gasteiger partial charge < -0.3 is 16.0 Å². The number of benzene rings is 2. The number of hydrazine groups is 1. The smallest absolute Gasteiger partial charge is 0.337 e. The van der Waals surface area contributed by atoms with Crippen molar-refractivity contribution >= 4 is 17.3 Å². The highest BCUT2D eigenvalue weighted by Crippen LogP contribution is 2.15. The number of carbonyl (C=O) groups is 1. The number of carboxylic acid groups (broad SMARTS) is 1. The SMILES string of the molecule is O=C(O)c1ccccc1NNc1ccccc1. The van der Waals surface area contributed by atoms with Gasteiger partial charge in [0.05, 0.1) is 16.9 Å². The summed E-state index contributed by atoms with van der Waals surface area (Å²) in [7, 11) is 0. The molecule has 0 aliphatic rings. The minimum absolute atomic E-state index is 0.232. The van der Waals surface area contributed by atoms with E-state index in [0.717, 1.165) is 5.69 Å². The van der Waals surface area contributed by atoms with Gasteiger partial charge in [0.25, 0.3) is 0 Å². The molecule has 17 heavy (non-hydrogen) atoms. The number of anilines is 2. The first-order valence-electron chi connectivity index (χ1n) is 5.17. The average Bonchev–Trinajstić information content (AvgIpc) is 2.38. The predicted molar refractivity (Wildman–Crippen MR) is 67.1 cm³/mol. The quantitative estimate of drug-likeness (QED) is 0.704. The van der Waals surface area contributed by atoms with Gasteiger partial charge in [0.15, 0.2) is 0 Å². The molecule has 4 heteroatoms. The Labute approximate surface area is 98.9 Å². The lowest BCUT2D eigenvalue weighted by Gasteiger charge is -2.11. The van der Waals surface area contributed by atoms with Gasteiger partial charge in [0, 0.05) is 0 Å². The molecular weight excluding hydrogens is 216 g/mol. The molecule has 2 aromatic rings. The fourth-order valence-corrected chi connectivity index (χ4v) is 1.44. The molecule has 0 unspecified atom stereocenters. The molecule has 0 heterocycles. The molecule has 0 aliphatic carbocycles. The van der Waals surface area contributed by atoms with Crippen molar-refractivity contribution in [1.29, 1.82) is 0 Å². The molecule has 3 N–H and O–H groups in total. The third-order valence-corrected chi connectivity index (χ3v) is 2.27. The van der Waals surface area contributed by atoms with E-state index in [-0.39, 0.29) is 5.56 Å². The Bertz CT molecular complexity index is 512. The van der Waals surface area contributed by atoms with E-state index in [4.69, 9.17) is 5.11 Å². The van der Waals surface area contributed by atoms with Gasteiger partial charge in [0.1, 0.15) is 0 Å². The van der Waals surface area contributed by atoms with Crippen LogP contribution in [-0.2, 0) is 0 Å². The summed E-state index contributed by atoms with van der Waals surface area (Å²) in [6, 6.07) is 16.2. The topological polar surface area (TPSA) is 61.4 Å². The third kappa shape index (κ3) is 2.75. The number of hydrogen-bond acceptors (Lipinski definition) is 3. The van der Waals surface area contributed by atoms with E-state index < -0.39 is 5.97 Å². The normalized spacial score (nSPS) is 9.65. The molecule has 0 aromatic heterocycles. The fourth-order valence-electron chi connectivity index (χ4n) is 1.44. The third-order valence-electron chi connectivity index (χ3n) is 2.27. The van der Waals surface area contributed by atoms with Crippen molar-refractivity contribution in [2.75, 3.05) is 10.9 Å². The largest absolute Gasteiger partial charge is 0.478 e. The molecule has 0 atom stereocenters. The van der Waals surface area contributed by atoms with Gasteiger partial charge in [-0.3, -0.25) is 0 Å². The molecule has 0 aliphatic heterocycles. The van der Waals surface area contributed by atoms with Crippen LogP contribution >= 0.6 is 0 Å². The maximum atomic E-state index is 11.0. The number of hydrogen-bond donors (Lipinski definition) is 3. The van der Waals surface area contributed by atoms with Gasteiger partial charge in [0.2, 0.25) is 0 Å². The zero-order chi connectivity index (χ0) is 12.1. The summed E-state index contributed by atoms with van der Waals surface area (Å²) >= 11 is 0. The molecule has 0 bridgehead atoms. The lowest BCUT2D eigenvalue weighted by molar-refractivity contribution is 0.0698. The van der Waals surface area contributed by atoms with Crippen molar-refractivity contribution < 1.29 is 9.90 Å². The Balaban J connectivity index is 2.12. The van der Waals surface area contributed by atoms with Crippen molar-refractivity contribution in [2.45, 2.75) is 0 Å². The number of nitrogens with one attached hydrogen (secondary N) is 2. The highest BCUT2D eigenvalue weighted by atomic mass is 16.4. The second kappa shape index (κ2) is 5.03. The molecule has 86 valence electrons. The molecule has 0 spiro atoms. The van der Waals surface area contributed by atoms with Gasteiger partial charge in [-0.2, -0.15) is 0 Å². The maximum absolute atomic E-state index is 11.0. The summed E-state index contributed by atoms with van der Waals surface area (Å²) < 4.78 is 0. The lowest BCUT2D eigenvalue weighted by Crippen LogP contribution is -2.12. The first kappa shape index (κ1) is 11.0. The molecule has 2 aromatic carbocycles. The van der Waals surface area contributed by atoms with Crippen LogP contribution in [0.3, 0.4) is 0 Å². The highest BCUT2D eigenvalue weighted by Gasteiger charge is 2.07. The second-order valence-electron chi connectivity index (χ2n) is 3.47. The fraction of sp³-hybridized carbons (Fsp3) is 0. The minimum atomic E-state index is -0.956. The van der Waals surface area contributed by atoms with E-state index >= 15 is 0 Å². The van der Waals surface area contributed by atoms with Crippen LogP contribution in [0, 0.1) is 0 Å². The Hall–Kier alpha value is -2.49. The summed E-state index contributed by atoms with van der Waals surface area (Å²) in [4.78, 5) is 11.0. The standard InChI is InChI=1S/C13H12N2O2/c16-13(17)11-8-4-5-9-12(11)15-14-10-6-2-1-3-7-10/h1-9,14-15H,(H,16,17). The molecule has 0 radical (unpaired) electrons. The first-order chi connectivity index (χ1) is 8.27. The summed E-state index contributed by atoms with van der Waals surface area (Å²) in [6.45, 7) is 0. The number of carboxylic acids is 1. The Morgan fingerprint density at radius 3 is 2.24 bits per heavy atom.